The average molecular weight is 261 g/mol. The Balaban J connectivity index is 0.00000128. The Morgan fingerprint density at radius 3 is 2.88 bits per heavy atom. The van der Waals surface area contributed by atoms with E-state index in [1.807, 2.05) is 18.2 Å². The third-order valence-corrected chi connectivity index (χ3v) is 3.23. The van der Waals surface area contributed by atoms with Crippen LogP contribution in [-0.4, -0.2) is 24.5 Å². The fourth-order valence-corrected chi connectivity index (χ4v) is 2.36. The molecule has 4 heteroatoms. The molecule has 0 amide bonds. The maximum absolute atomic E-state index is 5.95. The summed E-state index contributed by atoms with van der Waals surface area (Å²) in [6.45, 7) is 4.10. The van der Waals surface area contributed by atoms with E-state index in [1.54, 1.807) is 0 Å². The molecule has 1 aliphatic rings. The van der Waals surface area contributed by atoms with Crippen LogP contribution in [0.5, 0.6) is 0 Å². The van der Waals surface area contributed by atoms with Crippen LogP contribution in [0.2, 0.25) is 5.02 Å². The van der Waals surface area contributed by atoms with Crippen molar-refractivity contribution in [3.63, 3.8) is 0 Å². The number of halogens is 2. The molecule has 0 aliphatic carbocycles. The molecular formula is C12H18Cl2N2. The Morgan fingerprint density at radius 2 is 2.25 bits per heavy atom. The van der Waals surface area contributed by atoms with E-state index in [4.69, 9.17) is 17.3 Å². The van der Waals surface area contributed by atoms with E-state index in [1.165, 1.54) is 12.0 Å². The number of nitrogens with two attached hydrogens (primary N) is 1. The smallest absolute Gasteiger partial charge is 0.0409 e. The lowest BCUT2D eigenvalue weighted by Gasteiger charge is -2.15. The zero-order valence-electron chi connectivity index (χ0n) is 9.23. The SMILES string of the molecule is Cl.NCC1CCN(Cc2cccc(Cl)c2)C1. The van der Waals surface area contributed by atoms with Gasteiger partial charge in [-0.2, -0.15) is 0 Å². The minimum absolute atomic E-state index is 0. The Hall–Kier alpha value is -0.280. The van der Waals surface area contributed by atoms with Crippen molar-refractivity contribution in [3.8, 4) is 0 Å². The first-order valence-electron chi connectivity index (χ1n) is 5.45. The first kappa shape index (κ1) is 13.8. The zero-order valence-corrected chi connectivity index (χ0v) is 10.8. The third-order valence-electron chi connectivity index (χ3n) is 3.00. The van der Waals surface area contributed by atoms with Crippen molar-refractivity contribution in [2.75, 3.05) is 19.6 Å². The summed E-state index contributed by atoms with van der Waals surface area (Å²) >= 11 is 5.95. The molecule has 1 aliphatic heterocycles. The first-order chi connectivity index (χ1) is 7.28. The maximum atomic E-state index is 5.95. The molecular weight excluding hydrogens is 243 g/mol. The predicted octanol–water partition coefficient (Wildman–Crippen LogP) is 2.54. The van der Waals surface area contributed by atoms with Crippen molar-refractivity contribution >= 4 is 24.0 Å². The molecule has 1 saturated heterocycles. The number of rotatable bonds is 3. The van der Waals surface area contributed by atoms with Gasteiger partial charge in [-0.1, -0.05) is 23.7 Å². The largest absolute Gasteiger partial charge is 0.330 e. The average Bonchev–Trinajstić information content (AvgIpc) is 2.65. The molecule has 0 bridgehead atoms. The van der Waals surface area contributed by atoms with Gasteiger partial charge in [-0.25, -0.2) is 0 Å². The highest BCUT2D eigenvalue weighted by atomic mass is 35.5. The van der Waals surface area contributed by atoms with E-state index in [-0.39, 0.29) is 12.4 Å². The van der Waals surface area contributed by atoms with Crippen LogP contribution in [0.1, 0.15) is 12.0 Å². The van der Waals surface area contributed by atoms with Crippen LogP contribution < -0.4 is 5.73 Å². The van der Waals surface area contributed by atoms with Crippen LogP contribution >= 0.6 is 24.0 Å². The van der Waals surface area contributed by atoms with Crippen molar-refractivity contribution in [2.45, 2.75) is 13.0 Å². The monoisotopic (exact) mass is 260 g/mol. The Kier molecular flexibility index (Phi) is 5.56. The summed E-state index contributed by atoms with van der Waals surface area (Å²) in [5.74, 6) is 0.684. The van der Waals surface area contributed by atoms with Crippen molar-refractivity contribution < 1.29 is 0 Å². The number of nitrogens with zero attached hydrogens (tertiary/aromatic N) is 1. The van der Waals surface area contributed by atoms with Crippen molar-refractivity contribution in [2.24, 2.45) is 11.7 Å². The zero-order chi connectivity index (χ0) is 10.7. The summed E-state index contributed by atoms with van der Waals surface area (Å²) in [7, 11) is 0. The van der Waals surface area contributed by atoms with Gasteiger partial charge in [0.15, 0.2) is 0 Å². The number of hydrogen-bond acceptors (Lipinski definition) is 2. The molecule has 2 rings (SSSR count). The standard InChI is InChI=1S/C12H17ClN2.ClH/c13-12-3-1-2-10(6-12)8-15-5-4-11(7-14)9-15;/h1-3,6,11H,4-5,7-9,14H2;1H. The fourth-order valence-electron chi connectivity index (χ4n) is 2.14. The van der Waals surface area contributed by atoms with Crippen LogP contribution in [0, 0.1) is 5.92 Å². The Labute approximate surface area is 108 Å². The van der Waals surface area contributed by atoms with E-state index in [0.29, 0.717) is 5.92 Å². The third kappa shape index (κ3) is 3.63. The topological polar surface area (TPSA) is 29.3 Å². The second kappa shape index (κ2) is 6.45. The van der Waals surface area contributed by atoms with Crippen LogP contribution in [0.15, 0.2) is 24.3 Å². The van der Waals surface area contributed by atoms with Gasteiger partial charge in [0.1, 0.15) is 0 Å². The van der Waals surface area contributed by atoms with Crippen molar-refractivity contribution in [3.05, 3.63) is 34.9 Å². The van der Waals surface area contributed by atoms with Gasteiger partial charge in [-0.15, -0.1) is 12.4 Å². The molecule has 16 heavy (non-hydrogen) atoms. The summed E-state index contributed by atoms with van der Waals surface area (Å²) < 4.78 is 0. The molecule has 1 heterocycles. The molecule has 0 aromatic heterocycles. The molecule has 1 atom stereocenters. The van der Waals surface area contributed by atoms with E-state index in [0.717, 1.165) is 31.2 Å². The number of likely N-dealkylation sites (tertiary alicyclic amines) is 1. The predicted molar refractivity (Wildman–Crippen MR) is 71.1 cm³/mol. The fraction of sp³-hybridized carbons (Fsp3) is 0.500. The lowest BCUT2D eigenvalue weighted by Crippen LogP contribution is -2.22. The van der Waals surface area contributed by atoms with Gasteiger partial charge in [0.25, 0.3) is 0 Å². The molecule has 90 valence electrons. The highest BCUT2D eigenvalue weighted by Crippen LogP contribution is 2.19. The van der Waals surface area contributed by atoms with Gasteiger partial charge >= 0.3 is 0 Å². The highest BCUT2D eigenvalue weighted by Gasteiger charge is 2.20. The molecule has 2 N–H and O–H groups in total. The molecule has 2 nitrogen and oxygen atoms in total. The molecule has 1 unspecified atom stereocenters. The lowest BCUT2D eigenvalue weighted by atomic mass is 10.1. The molecule has 0 saturated carbocycles. The summed E-state index contributed by atoms with van der Waals surface area (Å²) in [4.78, 5) is 2.45. The van der Waals surface area contributed by atoms with E-state index in [9.17, 15) is 0 Å². The van der Waals surface area contributed by atoms with Crippen LogP contribution in [-0.2, 0) is 6.54 Å². The molecule has 0 spiro atoms. The van der Waals surface area contributed by atoms with E-state index >= 15 is 0 Å². The highest BCUT2D eigenvalue weighted by molar-refractivity contribution is 6.30. The van der Waals surface area contributed by atoms with E-state index < -0.39 is 0 Å². The Morgan fingerprint density at radius 1 is 1.44 bits per heavy atom. The first-order valence-corrected chi connectivity index (χ1v) is 5.82. The summed E-state index contributed by atoms with van der Waals surface area (Å²) in [6.07, 6.45) is 1.23. The number of benzene rings is 1. The van der Waals surface area contributed by atoms with Crippen LogP contribution in [0.25, 0.3) is 0 Å². The summed E-state index contributed by atoms with van der Waals surface area (Å²) in [6, 6.07) is 8.09. The van der Waals surface area contributed by atoms with E-state index in [2.05, 4.69) is 11.0 Å². The maximum Gasteiger partial charge on any atom is 0.0409 e. The second-order valence-electron chi connectivity index (χ2n) is 4.26. The van der Waals surface area contributed by atoms with Gasteiger partial charge in [-0.05, 0) is 43.1 Å². The molecule has 1 fully saturated rings. The lowest BCUT2D eigenvalue weighted by molar-refractivity contribution is 0.318. The molecule has 0 radical (unpaired) electrons. The van der Waals surface area contributed by atoms with Crippen LogP contribution in [0.3, 0.4) is 0 Å². The van der Waals surface area contributed by atoms with Crippen molar-refractivity contribution in [1.82, 2.24) is 4.90 Å². The minimum atomic E-state index is 0. The van der Waals surface area contributed by atoms with Gasteiger partial charge in [-0.3, -0.25) is 4.90 Å². The second-order valence-corrected chi connectivity index (χ2v) is 4.69. The normalized spacial score (nSPS) is 20.8. The quantitative estimate of drug-likeness (QED) is 0.906. The van der Waals surface area contributed by atoms with Crippen LogP contribution in [0.4, 0.5) is 0 Å². The molecule has 1 aromatic carbocycles. The van der Waals surface area contributed by atoms with Gasteiger partial charge < -0.3 is 5.73 Å². The van der Waals surface area contributed by atoms with Crippen molar-refractivity contribution in [1.29, 1.82) is 0 Å². The number of hydrogen-bond donors (Lipinski definition) is 1. The van der Waals surface area contributed by atoms with Gasteiger partial charge in [0.05, 0.1) is 0 Å². The Bertz CT molecular complexity index is 331. The molecule has 1 aromatic rings. The summed E-state index contributed by atoms with van der Waals surface area (Å²) in [5.41, 5.74) is 6.96. The van der Waals surface area contributed by atoms with Gasteiger partial charge in [0.2, 0.25) is 0 Å². The summed E-state index contributed by atoms with van der Waals surface area (Å²) in [5, 5.41) is 0.821. The van der Waals surface area contributed by atoms with Gasteiger partial charge in [0, 0.05) is 18.1 Å². The minimum Gasteiger partial charge on any atom is -0.330 e.